The van der Waals surface area contributed by atoms with Crippen molar-refractivity contribution in [1.29, 1.82) is 0 Å². The van der Waals surface area contributed by atoms with Gasteiger partial charge in [-0.25, -0.2) is 0 Å². The van der Waals surface area contributed by atoms with Crippen molar-refractivity contribution in [2.24, 2.45) is 0 Å². The summed E-state index contributed by atoms with van der Waals surface area (Å²) in [6.07, 6.45) is 0. The van der Waals surface area contributed by atoms with Crippen LogP contribution in [0, 0.1) is 0 Å². The van der Waals surface area contributed by atoms with Crippen LogP contribution in [-0.2, 0) is 13.2 Å². The van der Waals surface area contributed by atoms with Gasteiger partial charge in [-0.1, -0.05) is 15.9 Å². The molecule has 1 N–H and O–H groups in total. The highest BCUT2D eigenvalue weighted by Crippen LogP contribution is 2.26. The number of aliphatic hydroxyl groups is 1. The topological polar surface area (TPSA) is 29.5 Å². The van der Waals surface area contributed by atoms with Crippen molar-refractivity contribution in [1.82, 2.24) is 0 Å². The van der Waals surface area contributed by atoms with Crippen molar-refractivity contribution in [2.75, 3.05) is 0 Å². The van der Waals surface area contributed by atoms with Gasteiger partial charge in [0.2, 0.25) is 0 Å². The van der Waals surface area contributed by atoms with E-state index in [0.717, 1.165) is 25.1 Å². The highest BCUT2D eigenvalue weighted by molar-refractivity contribution is 9.10. The van der Waals surface area contributed by atoms with E-state index < -0.39 is 0 Å². The van der Waals surface area contributed by atoms with Crippen LogP contribution >= 0.6 is 43.2 Å². The number of hydrogen-bond acceptors (Lipinski definition) is 3. The predicted octanol–water partition coefficient (Wildman–Crippen LogP) is 4.34. The second kappa shape index (κ2) is 6.00. The third-order valence-corrected chi connectivity index (χ3v) is 4.92. The van der Waals surface area contributed by atoms with E-state index in [-0.39, 0.29) is 6.61 Å². The van der Waals surface area contributed by atoms with Crippen molar-refractivity contribution in [3.8, 4) is 5.75 Å². The molecule has 0 saturated heterocycles. The van der Waals surface area contributed by atoms with E-state index in [1.165, 1.54) is 0 Å². The summed E-state index contributed by atoms with van der Waals surface area (Å²) in [4.78, 5) is 1.15. The Bertz CT molecular complexity index is 511. The fraction of sp³-hybridized carbons (Fsp3) is 0.167. The Hall–Kier alpha value is -0.360. The Balaban J connectivity index is 2.07. The number of rotatable bonds is 4. The molecule has 1 heterocycles. The molecule has 0 fully saturated rings. The van der Waals surface area contributed by atoms with Gasteiger partial charge >= 0.3 is 0 Å². The van der Waals surface area contributed by atoms with E-state index in [1.54, 1.807) is 11.3 Å². The van der Waals surface area contributed by atoms with Crippen LogP contribution in [0.2, 0.25) is 0 Å². The van der Waals surface area contributed by atoms with Crippen LogP contribution in [0.5, 0.6) is 5.75 Å². The average molecular weight is 378 g/mol. The van der Waals surface area contributed by atoms with Gasteiger partial charge in [0.1, 0.15) is 12.4 Å². The van der Waals surface area contributed by atoms with Gasteiger partial charge in [-0.15, -0.1) is 11.3 Å². The number of aliphatic hydroxyl groups excluding tert-OH is 1. The maximum Gasteiger partial charge on any atom is 0.124 e. The molecule has 0 saturated carbocycles. The van der Waals surface area contributed by atoms with Crippen molar-refractivity contribution in [2.45, 2.75) is 13.2 Å². The molecule has 0 spiro atoms. The van der Waals surface area contributed by atoms with Crippen molar-refractivity contribution < 1.29 is 9.84 Å². The van der Waals surface area contributed by atoms with E-state index in [2.05, 4.69) is 31.9 Å². The first kappa shape index (κ1) is 13.1. The summed E-state index contributed by atoms with van der Waals surface area (Å²) >= 11 is 8.48. The van der Waals surface area contributed by atoms with Crippen LogP contribution in [0.25, 0.3) is 0 Å². The van der Waals surface area contributed by atoms with Gasteiger partial charge in [0.25, 0.3) is 0 Å². The lowest BCUT2D eigenvalue weighted by atomic mass is 10.2. The summed E-state index contributed by atoms with van der Waals surface area (Å²) in [7, 11) is 0. The lowest BCUT2D eigenvalue weighted by Crippen LogP contribution is -1.95. The Morgan fingerprint density at radius 1 is 1.18 bits per heavy atom. The molecular weight excluding hydrogens is 368 g/mol. The molecular formula is C12H10Br2O2S. The third-order valence-electron chi connectivity index (χ3n) is 2.25. The second-order valence-corrected chi connectivity index (χ2v) is 6.10. The van der Waals surface area contributed by atoms with E-state index in [9.17, 15) is 0 Å². The number of halogens is 2. The fourth-order valence-electron chi connectivity index (χ4n) is 1.34. The molecule has 2 rings (SSSR count). The minimum atomic E-state index is 0.000476. The molecule has 5 heteroatoms. The molecule has 0 aliphatic rings. The summed E-state index contributed by atoms with van der Waals surface area (Å²) in [5.41, 5.74) is 0.827. The standard InChI is InChI=1S/C12H10Br2O2S/c13-10-2-1-9(5-8(10)6-15)16-7-12-11(14)3-4-17-12/h1-5,15H,6-7H2. The fourth-order valence-corrected chi connectivity index (χ4v) is 3.09. The van der Waals surface area contributed by atoms with Crippen molar-refractivity contribution in [3.05, 3.63) is 49.0 Å². The van der Waals surface area contributed by atoms with Gasteiger partial charge in [-0.3, -0.25) is 0 Å². The number of hydrogen-bond donors (Lipinski definition) is 1. The zero-order valence-corrected chi connectivity index (χ0v) is 12.8. The minimum absolute atomic E-state index is 0.000476. The maximum atomic E-state index is 9.15. The largest absolute Gasteiger partial charge is 0.488 e. The molecule has 0 radical (unpaired) electrons. The quantitative estimate of drug-likeness (QED) is 0.858. The molecule has 2 nitrogen and oxygen atoms in total. The predicted molar refractivity (Wildman–Crippen MR) is 76.4 cm³/mol. The summed E-state index contributed by atoms with van der Waals surface area (Å²) in [6, 6.07) is 7.60. The molecule has 1 aromatic heterocycles. The molecule has 0 unspecified atom stereocenters. The molecule has 2 aromatic rings. The zero-order valence-electron chi connectivity index (χ0n) is 8.82. The molecule has 90 valence electrons. The molecule has 0 aliphatic carbocycles. The van der Waals surface area contributed by atoms with Crippen LogP contribution in [0.4, 0.5) is 0 Å². The molecule has 17 heavy (non-hydrogen) atoms. The average Bonchev–Trinajstić information content (AvgIpc) is 2.74. The highest BCUT2D eigenvalue weighted by Gasteiger charge is 2.04. The number of thiophene rings is 1. The van der Waals surface area contributed by atoms with Crippen LogP contribution in [0.15, 0.2) is 38.6 Å². The van der Waals surface area contributed by atoms with Crippen LogP contribution < -0.4 is 4.74 Å². The van der Waals surface area contributed by atoms with Gasteiger partial charge in [0.15, 0.2) is 0 Å². The number of ether oxygens (including phenoxy) is 1. The van der Waals surface area contributed by atoms with E-state index >= 15 is 0 Å². The van der Waals surface area contributed by atoms with Gasteiger partial charge < -0.3 is 9.84 Å². The van der Waals surface area contributed by atoms with Gasteiger partial charge in [-0.05, 0) is 51.1 Å². The van der Waals surface area contributed by atoms with Gasteiger partial charge in [-0.2, -0.15) is 0 Å². The first-order valence-electron chi connectivity index (χ1n) is 4.94. The molecule has 0 atom stereocenters. The first-order chi connectivity index (χ1) is 8.20. The normalized spacial score (nSPS) is 10.5. The Morgan fingerprint density at radius 2 is 2.00 bits per heavy atom. The monoisotopic (exact) mass is 376 g/mol. The van der Waals surface area contributed by atoms with Crippen LogP contribution in [0.3, 0.4) is 0 Å². The maximum absolute atomic E-state index is 9.15. The summed E-state index contributed by atoms with van der Waals surface area (Å²) in [5, 5.41) is 11.2. The number of benzene rings is 1. The lowest BCUT2D eigenvalue weighted by molar-refractivity contribution is 0.277. The Morgan fingerprint density at radius 3 is 2.65 bits per heavy atom. The smallest absolute Gasteiger partial charge is 0.124 e. The Kier molecular flexibility index (Phi) is 4.62. The molecule has 0 amide bonds. The van der Waals surface area contributed by atoms with Crippen molar-refractivity contribution in [3.63, 3.8) is 0 Å². The van der Waals surface area contributed by atoms with Gasteiger partial charge in [0.05, 0.1) is 11.5 Å². The SMILES string of the molecule is OCc1cc(OCc2sccc2Br)ccc1Br. The lowest BCUT2D eigenvalue weighted by Gasteiger charge is -2.08. The molecule has 1 aromatic carbocycles. The minimum Gasteiger partial charge on any atom is -0.488 e. The third kappa shape index (κ3) is 3.31. The first-order valence-corrected chi connectivity index (χ1v) is 7.41. The highest BCUT2D eigenvalue weighted by atomic mass is 79.9. The Labute approximate surface area is 121 Å². The van der Waals surface area contributed by atoms with Crippen LogP contribution in [0.1, 0.15) is 10.4 Å². The van der Waals surface area contributed by atoms with Gasteiger partial charge in [0, 0.05) is 8.95 Å². The van der Waals surface area contributed by atoms with Crippen LogP contribution in [-0.4, -0.2) is 5.11 Å². The summed E-state index contributed by atoms with van der Waals surface area (Å²) < 4.78 is 7.64. The van der Waals surface area contributed by atoms with E-state index in [0.29, 0.717) is 6.61 Å². The summed E-state index contributed by atoms with van der Waals surface area (Å²) in [6.45, 7) is 0.533. The summed E-state index contributed by atoms with van der Waals surface area (Å²) in [5.74, 6) is 0.762. The van der Waals surface area contributed by atoms with E-state index in [1.807, 2.05) is 29.6 Å². The molecule has 0 bridgehead atoms. The van der Waals surface area contributed by atoms with Crippen molar-refractivity contribution >= 4 is 43.2 Å². The second-order valence-electron chi connectivity index (χ2n) is 3.39. The zero-order chi connectivity index (χ0) is 12.3. The molecule has 0 aliphatic heterocycles. The van der Waals surface area contributed by atoms with E-state index in [4.69, 9.17) is 9.84 Å².